The van der Waals surface area contributed by atoms with Crippen molar-refractivity contribution in [2.45, 2.75) is 6.92 Å². The van der Waals surface area contributed by atoms with E-state index in [-0.39, 0.29) is 5.70 Å². The molecule has 0 heterocycles. The van der Waals surface area contributed by atoms with Crippen molar-refractivity contribution in [3.63, 3.8) is 0 Å². The second-order valence-corrected chi connectivity index (χ2v) is 5.72. The first kappa shape index (κ1) is 19.2. The predicted molar refractivity (Wildman–Crippen MR) is 99.3 cm³/mol. The Morgan fingerprint density at radius 3 is 2.31 bits per heavy atom. The van der Waals surface area contributed by atoms with Gasteiger partial charge in [-0.1, -0.05) is 41.9 Å². The molecule has 6 nitrogen and oxygen atoms in total. The molecule has 26 heavy (non-hydrogen) atoms. The Kier molecular flexibility index (Phi) is 6.93. The summed E-state index contributed by atoms with van der Waals surface area (Å²) in [4.78, 5) is 35.4. The largest absolute Gasteiger partial charge is 0.451 e. The van der Waals surface area contributed by atoms with Crippen molar-refractivity contribution >= 4 is 41.1 Å². The van der Waals surface area contributed by atoms with E-state index in [1.165, 1.54) is 13.0 Å². The fourth-order valence-corrected chi connectivity index (χ4v) is 2.12. The van der Waals surface area contributed by atoms with Gasteiger partial charge in [-0.2, -0.15) is 0 Å². The van der Waals surface area contributed by atoms with Crippen LogP contribution in [0.3, 0.4) is 0 Å². The number of nitrogens with one attached hydrogen (secondary N) is 2. The van der Waals surface area contributed by atoms with Gasteiger partial charge in [-0.25, -0.2) is 4.79 Å². The smallest absolute Gasteiger partial charge is 0.355 e. The molecule has 0 aliphatic rings. The summed E-state index contributed by atoms with van der Waals surface area (Å²) in [5.74, 6) is -1.74. The Morgan fingerprint density at radius 2 is 1.69 bits per heavy atom. The molecular formula is C19H17ClN2O4. The Balaban J connectivity index is 1.98. The van der Waals surface area contributed by atoms with Gasteiger partial charge in [0.1, 0.15) is 5.70 Å². The van der Waals surface area contributed by atoms with Gasteiger partial charge in [0.2, 0.25) is 5.91 Å². The molecule has 0 radical (unpaired) electrons. The van der Waals surface area contributed by atoms with Gasteiger partial charge < -0.3 is 15.4 Å². The zero-order valence-electron chi connectivity index (χ0n) is 14.0. The van der Waals surface area contributed by atoms with Gasteiger partial charge in [0, 0.05) is 17.6 Å². The molecule has 2 aromatic carbocycles. The summed E-state index contributed by atoms with van der Waals surface area (Å²) in [6.45, 7) is 0.784. The van der Waals surface area contributed by atoms with Crippen molar-refractivity contribution in [1.82, 2.24) is 5.32 Å². The molecule has 0 fully saturated rings. The standard InChI is InChI=1S/C19H17ClN2O4/c1-13(23)21-17(11-14-5-3-2-4-6-14)19(25)26-12-18(24)22-16-9-7-15(20)8-10-16/h2-11H,12H2,1H3,(H,21,23)(H,22,24)/b17-11-. The molecule has 2 aromatic rings. The van der Waals surface area contributed by atoms with Gasteiger partial charge in [0.25, 0.3) is 5.91 Å². The average molecular weight is 373 g/mol. The van der Waals surface area contributed by atoms with Crippen LogP contribution in [0.15, 0.2) is 60.3 Å². The zero-order valence-corrected chi connectivity index (χ0v) is 14.7. The maximum atomic E-state index is 12.2. The van der Waals surface area contributed by atoms with Gasteiger partial charge in [-0.15, -0.1) is 0 Å². The number of hydrogen-bond acceptors (Lipinski definition) is 4. The number of carbonyl (C=O) groups is 3. The highest BCUT2D eigenvalue weighted by Crippen LogP contribution is 2.13. The quantitative estimate of drug-likeness (QED) is 0.603. The van der Waals surface area contributed by atoms with Gasteiger partial charge in [-0.3, -0.25) is 9.59 Å². The third-order valence-electron chi connectivity index (χ3n) is 3.10. The van der Waals surface area contributed by atoms with E-state index in [0.29, 0.717) is 16.3 Å². The van der Waals surface area contributed by atoms with Gasteiger partial charge >= 0.3 is 5.97 Å². The van der Waals surface area contributed by atoms with Crippen LogP contribution in [0.5, 0.6) is 0 Å². The van der Waals surface area contributed by atoms with Gasteiger partial charge in [-0.05, 0) is 35.9 Å². The second kappa shape index (κ2) is 9.39. The van der Waals surface area contributed by atoms with Crippen molar-refractivity contribution in [1.29, 1.82) is 0 Å². The summed E-state index contributed by atoms with van der Waals surface area (Å²) in [5, 5.41) is 5.52. The number of rotatable bonds is 6. The lowest BCUT2D eigenvalue weighted by Gasteiger charge is -2.09. The Bertz CT molecular complexity index is 817. The molecule has 2 rings (SSSR count). The number of benzene rings is 2. The van der Waals surface area contributed by atoms with Gasteiger partial charge in [0.15, 0.2) is 6.61 Å². The van der Waals surface area contributed by atoms with Crippen molar-refractivity contribution in [3.05, 3.63) is 70.9 Å². The first-order chi connectivity index (χ1) is 12.4. The van der Waals surface area contributed by atoms with Crippen LogP contribution < -0.4 is 10.6 Å². The number of ether oxygens (including phenoxy) is 1. The lowest BCUT2D eigenvalue weighted by atomic mass is 10.2. The minimum absolute atomic E-state index is 0.0528. The molecule has 0 aliphatic carbocycles. The maximum absolute atomic E-state index is 12.2. The minimum Gasteiger partial charge on any atom is -0.451 e. The Hall–Kier alpha value is -3.12. The molecule has 0 saturated heterocycles. The third-order valence-corrected chi connectivity index (χ3v) is 3.36. The van der Waals surface area contributed by atoms with E-state index in [1.54, 1.807) is 48.5 Å². The lowest BCUT2D eigenvalue weighted by molar-refractivity contribution is -0.144. The highest BCUT2D eigenvalue weighted by molar-refractivity contribution is 6.30. The van der Waals surface area contributed by atoms with Crippen LogP contribution in [0.25, 0.3) is 6.08 Å². The molecule has 2 amide bonds. The summed E-state index contributed by atoms with van der Waals surface area (Å²) in [7, 11) is 0. The SMILES string of the molecule is CC(=O)N/C(=C\c1ccccc1)C(=O)OCC(=O)Nc1ccc(Cl)cc1. The molecule has 0 aromatic heterocycles. The van der Waals surface area contributed by atoms with E-state index in [4.69, 9.17) is 16.3 Å². The molecule has 2 N–H and O–H groups in total. The van der Waals surface area contributed by atoms with Crippen molar-refractivity contribution in [2.75, 3.05) is 11.9 Å². The highest BCUT2D eigenvalue weighted by atomic mass is 35.5. The normalized spacial score (nSPS) is 10.8. The van der Waals surface area contributed by atoms with Crippen molar-refractivity contribution in [3.8, 4) is 0 Å². The molecule has 134 valence electrons. The van der Waals surface area contributed by atoms with Crippen LogP contribution in [0, 0.1) is 0 Å². The fraction of sp³-hybridized carbons (Fsp3) is 0.105. The Labute approximate surface area is 155 Å². The number of hydrogen-bond donors (Lipinski definition) is 2. The summed E-state index contributed by atoms with van der Waals surface area (Å²) in [6, 6.07) is 15.4. The van der Waals surface area contributed by atoms with Crippen molar-refractivity contribution < 1.29 is 19.1 Å². The highest BCUT2D eigenvalue weighted by Gasteiger charge is 2.15. The van der Waals surface area contributed by atoms with Gasteiger partial charge in [0.05, 0.1) is 0 Å². The first-order valence-electron chi connectivity index (χ1n) is 7.71. The molecule has 0 spiro atoms. The fourth-order valence-electron chi connectivity index (χ4n) is 1.99. The molecule has 0 saturated carbocycles. The second-order valence-electron chi connectivity index (χ2n) is 5.28. The summed E-state index contributed by atoms with van der Waals surface area (Å²) >= 11 is 5.77. The first-order valence-corrected chi connectivity index (χ1v) is 8.09. The van der Waals surface area contributed by atoms with Crippen molar-refractivity contribution in [2.24, 2.45) is 0 Å². The molecular weight excluding hydrogens is 356 g/mol. The summed E-state index contributed by atoms with van der Waals surface area (Å²) in [6.07, 6.45) is 1.47. The average Bonchev–Trinajstić information content (AvgIpc) is 2.61. The Morgan fingerprint density at radius 1 is 1.04 bits per heavy atom. The number of amides is 2. The van der Waals surface area contributed by atoms with Crippen LogP contribution in [0.2, 0.25) is 5.02 Å². The van der Waals surface area contributed by atoms with Crippen LogP contribution in [-0.4, -0.2) is 24.4 Å². The van der Waals surface area contributed by atoms with E-state index in [2.05, 4.69) is 10.6 Å². The number of carbonyl (C=O) groups excluding carboxylic acids is 3. The van der Waals surface area contributed by atoms with E-state index < -0.39 is 24.4 Å². The molecule has 0 aliphatic heterocycles. The topological polar surface area (TPSA) is 84.5 Å². The van der Waals surface area contributed by atoms with E-state index in [0.717, 1.165) is 0 Å². The number of halogens is 1. The monoisotopic (exact) mass is 372 g/mol. The zero-order chi connectivity index (χ0) is 18.9. The minimum atomic E-state index is -0.810. The summed E-state index contributed by atoms with van der Waals surface area (Å²) < 4.78 is 4.97. The van der Waals surface area contributed by atoms with Crippen LogP contribution >= 0.6 is 11.6 Å². The molecule has 0 atom stereocenters. The molecule has 0 bridgehead atoms. The van der Waals surface area contributed by atoms with Crippen LogP contribution in [-0.2, 0) is 19.1 Å². The summed E-state index contributed by atoms with van der Waals surface area (Å²) in [5.41, 5.74) is 1.18. The third kappa shape index (κ3) is 6.41. The lowest BCUT2D eigenvalue weighted by Crippen LogP contribution is -2.28. The van der Waals surface area contributed by atoms with Crippen LogP contribution in [0.1, 0.15) is 12.5 Å². The van der Waals surface area contributed by atoms with E-state index >= 15 is 0 Å². The predicted octanol–water partition coefficient (Wildman–Crippen LogP) is 3.00. The van der Waals surface area contributed by atoms with E-state index in [9.17, 15) is 14.4 Å². The molecule has 7 heteroatoms. The molecule has 0 unspecified atom stereocenters. The van der Waals surface area contributed by atoms with E-state index in [1.807, 2.05) is 6.07 Å². The number of esters is 1. The number of anilines is 1. The maximum Gasteiger partial charge on any atom is 0.355 e. The van der Waals surface area contributed by atoms with Crippen LogP contribution in [0.4, 0.5) is 5.69 Å².